The summed E-state index contributed by atoms with van der Waals surface area (Å²) in [5.74, 6) is -0.311. The minimum Gasteiger partial charge on any atom is -0.300 e. The van der Waals surface area contributed by atoms with Crippen LogP contribution in [0, 0.1) is 0 Å². The Hall–Kier alpha value is -2.10. The van der Waals surface area contributed by atoms with E-state index in [0.29, 0.717) is 25.7 Å². The highest BCUT2D eigenvalue weighted by molar-refractivity contribution is 5.98. The average molecular weight is 302 g/mol. The summed E-state index contributed by atoms with van der Waals surface area (Å²) in [5.41, 5.74) is 2.04. The van der Waals surface area contributed by atoms with Crippen molar-refractivity contribution in [3.05, 3.63) is 35.4 Å². The van der Waals surface area contributed by atoms with E-state index in [2.05, 4.69) is 0 Å². The molecule has 1 rings (SSSR count). The molecular formula is C18H22O4. The van der Waals surface area contributed by atoms with Crippen LogP contribution in [0.4, 0.5) is 0 Å². The first kappa shape index (κ1) is 18.0. The third kappa shape index (κ3) is 7.62. The fourth-order valence-electron chi connectivity index (χ4n) is 2.24. The highest BCUT2D eigenvalue weighted by Crippen LogP contribution is 2.11. The first-order valence-electron chi connectivity index (χ1n) is 7.47. The molecule has 0 saturated heterocycles. The molecule has 118 valence electrons. The van der Waals surface area contributed by atoms with Crippen LogP contribution in [0.3, 0.4) is 0 Å². The Balaban J connectivity index is 2.48. The zero-order chi connectivity index (χ0) is 16.5. The third-order valence-corrected chi connectivity index (χ3v) is 3.27. The largest absolute Gasteiger partial charge is 0.300 e. The average Bonchev–Trinajstić information content (AvgIpc) is 2.42. The van der Waals surface area contributed by atoms with Gasteiger partial charge in [0.2, 0.25) is 0 Å². The van der Waals surface area contributed by atoms with E-state index >= 15 is 0 Å². The number of aryl methyl sites for hydroxylation is 2. The lowest BCUT2D eigenvalue weighted by Crippen LogP contribution is -2.06. The Labute approximate surface area is 130 Å². The second-order valence-corrected chi connectivity index (χ2v) is 5.65. The van der Waals surface area contributed by atoms with E-state index in [9.17, 15) is 19.2 Å². The molecule has 0 bridgehead atoms. The van der Waals surface area contributed by atoms with E-state index < -0.39 is 0 Å². The smallest absolute Gasteiger partial charge is 0.140 e. The van der Waals surface area contributed by atoms with Crippen LogP contribution in [-0.2, 0) is 32.0 Å². The van der Waals surface area contributed by atoms with Gasteiger partial charge in [-0.25, -0.2) is 0 Å². The number of carbonyl (C=O) groups excluding carboxylic acids is 4. The number of Topliss-reactive ketones (excluding diaryl/α,β-unsaturated/α-hetero) is 4. The number of rotatable bonds is 10. The predicted octanol–water partition coefficient (Wildman–Crippen LogP) is 2.65. The molecule has 0 radical (unpaired) electrons. The second kappa shape index (κ2) is 9.03. The van der Waals surface area contributed by atoms with Crippen molar-refractivity contribution in [2.24, 2.45) is 0 Å². The van der Waals surface area contributed by atoms with Crippen LogP contribution in [-0.4, -0.2) is 23.1 Å². The highest BCUT2D eigenvalue weighted by atomic mass is 16.2. The molecule has 1 aromatic carbocycles. The fraction of sp³-hybridized carbons (Fsp3) is 0.444. The number of hydrogen-bond acceptors (Lipinski definition) is 4. The SMILES string of the molecule is CC(=O)CC(=O)CCc1cccc(CCC(=O)CC(C)=O)c1. The van der Waals surface area contributed by atoms with Gasteiger partial charge in [0, 0.05) is 12.8 Å². The molecule has 4 nitrogen and oxygen atoms in total. The number of ketones is 4. The molecule has 4 heteroatoms. The van der Waals surface area contributed by atoms with Crippen LogP contribution in [0.2, 0.25) is 0 Å². The molecular weight excluding hydrogens is 280 g/mol. The number of benzene rings is 1. The van der Waals surface area contributed by atoms with E-state index in [1.807, 2.05) is 24.3 Å². The molecule has 0 amide bonds. The summed E-state index contributed by atoms with van der Waals surface area (Å²) in [6, 6.07) is 7.74. The van der Waals surface area contributed by atoms with Crippen molar-refractivity contribution in [3.63, 3.8) is 0 Å². The Morgan fingerprint density at radius 3 is 1.55 bits per heavy atom. The maximum Gasteiger partial charge on any atom is 0.140 e. The molecule has 0 atom stereocenters. The van der Waals surface area contributed by atoms with Gasteiger partial charge in [-0.1, -0.05) is 24.3 Å². The van der Waals surface area contributed by atoms with Crippen molar-refractivity contribution in [2.75, 3.05) is 0 Å². The molecule has 0 aliphatic carbocycles. The normalized spacial score (nSPS) is 10.3. The van der Waals surface area contributed by atoms with E-state index in [4.69, 9.17) is 0 Å². The van der Waals surface area contributed by atoms with Crippen molar-refractivity contribution in [1.29, 1.82) is 0 Å². The molecule has 0 spiro atoms. The molecule has 0 saturated carbocycles. The van der Waals surface area contributed by atoms with Crippen molar-refractivity contribution in [2.45, 2.75) is 52.4 Å². The van der Waals surface area contributed by atoms with Crippen molar-refractivity contribution in [3.8, 4) is 0 Å². The topological polar surface area (TPSA) is 68.3 Å². The van der Waals surface area contributed by atoms with Crippen LogP contribution < -0.4 is 0 Å². The van der Waals surface area contributed by atoms with Gasteiger partial charge in [0.05, 0.1) is 12.8 Å². The Morgan fingerprint density at radius 2 is 1.18 bits per heavy atom. The summed E-state index contributed by atoms with van der Waals surface area (Å²) in [6.07, 6.45) is 1.90. The van der Waals surface area contributed by atoms with Crippen LogP contribution in [0.1, 0.15) is 50.7 Å². The lowest BCUT2D eigenvalue weighted by Gasteiger charge is -2.05. The summed E-state index contributed by atoms with van der Waals surface area (Å²) in [5, 5.41) is 0. The standard InChI is InChI=1S/C18H22O4/c1-13(19)10-17(21)8-6-15-4-3-5-16(12-15)7-9-18(22)11-14(2)20/h3-5,12H,6-11H2,1-2H3. The Bertz CT molecular complexity index is 525. The molecule has 1 aromatic rings. The van der Waals surface area contributed by atoms with Gasteiger partial charge in [-0.15, -0.1) is 0 Å². The second-order valence-electron chi connectivity index (χ2n) is 5.65. The molecule has 22 heavy (non-hydrogen) atoms. The molecule has 0 fully saturated rings. The minimum atomic E-state index is -0.109. The maximum atomic E-state index is 11.5. The van der Waals surface area contributed by atoms with Gasteiger partial charge in [-0.3, -0.25) is 19.2 Å². The number of hydrogen-bond donors (Lipinski definition) is 0. The van der Waals surface area contributed by atoms with E-state index in [-0.39, 0.29) is 36.0 Å². The van der Waals surface area contributed by atoms with Crippen molar-refractivity contribution >= 4 is 23.1 Å². The van der Waals surface area contributed by atoms with Crippen LogP contribution in [0.25, 0.3) is 0 Å². The molecule has 0 heterocycles. The van der Waals surface area contributed by atoms with Crippen molar-refractivity contribution in [1.82, 2.24) is 0 Å². The summed E-state index contributed by atoms with van der Waals surface area (Å²) in [6.45, 7) is 2.83. The summed E-state index contributed by atoms with van der Waals surface area (Å²) >= 11 is 0. The van der Waals surface area contributed by atoms with Gasteiger partial charge in [0.1, 0.15) is 23.1 Å². The predicted molar refractivity (Wildman–Crippen MR) is 83.7 cm³/mol. The maximum absolute atomic E-state index is 11.5. The first-order valence-corrected chi connectivity index (χ1v) is 7.47. The molecule has 0 aliphatic heterocycles. The Kier molecular flexibility index (Phi) is 7.37. The lowest BCUT2D eigenvalue weighted by atomic mass is 10.00. The van der Waals surface area contributed by atoms with E-state index in [1.165, 1.54) is 13.8 Å². The third-order valence-electron chi connectivity index (χ3n) is 3.27. The molecule has 0 N–H and O–H groups in total. The lowest BCUT2D eigenvalue weighted by molar-refractivity contribution is -0.127. The number of carbonyl (C=O) groups is 4. The first-order chi connectivity index (χ1) is 10.4. The van der Waals surface area contributed by atoms with Gasteiger partial charge in [0.15, 0.2) is 0 Å². The van der Waals surface area contributed by atoms with Crippen LogP contribution in [0.5, 0.6) is 0 Å². The monoisotopic (exact) mass is 302 g/mol. The fourth-order valence-corrected chi connectivity index (χ4v) is 2.24. The van der Waals surface area contributed by atoms with Gasteiger partial charge in [-0.2, -0.15) is 0 Å². The molecule has 0 aromatic heterocycles. The van der Waals surface area contributed by atoms with Crippen LogP contribution >= 0.6 is 0 Å². The van der Waals surface area contributed by atoms with Gasteiger partial charge in [-0.05, 0) is 37.8 Å². The zero-order valence-electron chi connectivity index (χ0n) is 13.2. The van der Waals surface area contributed by atoms with Crippen molar-refractivity contribution < 1.29 is 19.2 Å². The Morgan fingerprint density at radius 1 is 0.773 bits per heavy atom. The van der Waals surface area contributed by atoms with E-state index in [1.54, 1.807) is 0 Å². The summed E-state index contributed by atoms with van der Waals surface area (Å²) in [4.78, 5) is 44.8. The molecule has 0 unspecified atom stereocenters. The zero-order valence-corrected chi connectivity index (χ0v) is 13.2. The minimum absolute atomic E-state index is 0.000755. The highest BCUT2D eigenvalue weighted by Gasteiger charge is 2.08. The van der Waals surface area contributed by atoms with Gasteiger partial charge in [0.25, 0.3) is 0 Å². The quantitative estimate of drug-likeness (QED) is 0.623. The van der Waals surface area contributed by atoms with Gasteiger partial charge >= 0.3 is 0 Å². The summed E-state index contributed by atoms with van der Waals surface area (Å²) in [7, 11) is 0. The summed E-state index contributed by atoms with van der Waals surface area (Å²) < 4.78 is 0. The molecule has 0 aliphatic rings. The van der Waals surface area contributed by atoms with Gasteiger partial charge < -0.3 is 0 Å². The van der Waals surface area contributed by atoms with E-state index in [0.717, 1.165) is 11.1 Å². The van der Waals surface area contributed by atoms with Crippen LogP contribution in [0.15, 0.2) is 24.3 Å².